The van der Waals surface area contributed by atoms with Crippen LogP contribution in [0, 0.1) is 11.3 Å². The van der Waals surface area contributed by atoms with Crippen molar-refractivity contribution in [1.29, 1.82) is 5.26 Å². The van der Waals surface area contributed by atoms with Gasteiger partial charge in [-0.15, -0.1) is 0 Å². The van der Waals surface area contributed by atoms with E-state index in [0.29, 0.717) is 5.56 Å². The predicted molar refractivity (Wildman–Crippen MR) is 85.0 cm³/mol. The Morgan fingerprint density at radius 3 is 2.39 bits per heavy atom. The summed E-state index contributed by atoms with van der Waals surface area (Å²) >= 11 is 0. The highest BCUT2D eigenvalue weighted by atomic mass is 16.5. The molecule has 6 nitrogen and oxygen atoms in total. The molecule has 0 fully saturated rings. The molecule has 1 aromatic carbocycles. The smallest absolute Gasteiger partial charge is 0.326 e. The van der Waals surface area contributed by atoms with Crippen molar-refractivity contribution in [3.8, 4) is 6.07 Å². The van der Waals surface area contributed by atoms with E-state index in [4.69, 9.17) is 10.00 Å². The maximum absolute atomic E-state index is 12.1. The number of ether oxygens (including phenoxy) is 1. The zero-order chi connectivity index (χ0) is 17.5. The molecule has 0 saturated carbocycles. The molecule has 0 aliphatic carbocycles. The summed E-state index contributed by atoms with van der Waals surface area (Å²) in [6.45, 7) is 5.88. The average molecular weight is 318 g/mol. The molecule has 6 heteroatoms. The van der Waals surface area contributed by atoms with Crippen LogP contribution in [-0.4, -0.2) is 35.2 Å². The number of aliphatic carboxylic acids is 1. The fourth-order valence-electron chi connectivity index (χ4n) is 1.85. The molecule has 1 amide bonds. The summed E-state index contributed by atoms with van der Waals surface area (Å²) in [6, 6.07) is 7.52. The van der Waals surface area contributed by atoms with Gasteiger partial charge in [-0.2, -0.15) is 5.26 Å². The second kappa shape index (κ2) is 8.30. The normalized spacial score (nSPS) is 12.3. The van der Waals surface area contributed by atoms with Crippen LogP contribution in [0.5, 0.6) is 0 Å². The molecular weight excluding hydrogens is 296 g/mol. The maximum Gasteiger partial charge on any atom is 0.326 e. The highest BCUT2D eigenvalue weighted by molar-refractivity contribution is 5.96. The van der Waals surface area contributed by atoms with Crippen molar-refractivity contribution in [2.75, 3.05) is 6.61 Å². The Balaban J connectivity index is 2.63. The van der Waals surface area contributed by atoms with Crippen molar-refractivity contribution in [3.05, 3.63) is 35.4 Å². The molecule has 1 aromatic rings. The first kappa shape index (κ1) is 18.7. The molecule has 23 heavy (non-hydrogen) atoms. The first-order chi connectivity index (χ1) is 10.7. The van der Waals surface area contributed by atoms with E-state index in [-0.39, 0.29) is 25.0 Å². The number of benzene rings is 1. The van der Waals surface area contributed by atoms with Crippen molar-refractivity contribution >= 4 is 11.9 Å². The lowest BCUT2D eigenvalue weighted by Crippen LogP contribution is -2.42. The molecule has 0 spiro atoms. The number of carbonyl (C=O) groups excluding carboxylic acids is 1. The van der Waals surface area contributed by atoms with E-state index in [2.05, 4.69) is 5.32 Å². The van der Waals surface area contributed by atoms with Crippen molar-refractivity contribution in [1.82, 2.24) is 5.32 Å². The van der Waals surface area contributed by atoms with Gasteiger partial charge in [0, 0.05) is 18.6 Å². The van der Waals surface area contributed by atoms with Gasteiger partial charge in [-0.3, -0.25) is 4.79 Å². The Morgan fingerprint density at radius 2 is 1.91 bits per heavy atom. The minimum absolute atomic E-state index is 0.185. The van der Waals surface area contributed by atoms with Gasteiger partial charge in [0.15, 0.2) is 0 Å². The van der Waals surface area contributed by atoms with E-state index in [9.17, 15) is 14.7 Å². The van der Waals surface area contributed by atoms with Crippen LogP contribution in [-0.2, 0) is 16.0 Å². The molecular formula is C17H22N2O4. The SMILES string of the molecule is CC(C)(C)OCCC(NC(=O)c1ccc(CC#N)cc1)C(=O)O. The number of carboxylic acid groups (broad SMARTS) is 1. The Hall–Kier alpha value is -2.39. The summed E-state index contributed by atoms with van der Waals surface area (Å²) in [5.41, 5.74) is 0.802. The first-order valence-electron chi connectivity index (χ1n) is 7.36. The van der Waals surface area contributed by atoms with Crippen LogP contribution in [0.15, 0.2) is 24.3 Å². The van der Waals surface area contributed by atoms with E-state index in [0.717, 1.165) is 5.56 Å². The van der Waals surface area contributed by atoms with E-state index in [1.165, 1.54) is 0 Å². The molecule has 0 aromatic heterocycles. The largest absolute Gasteiger partial charge is 0.480 e. The molecule has 0 radical (unpaired) electrons. The topological polar surface area (TPSA) is 99.4 Å². The number of amides is 1. The van der Waals surface area contributed by atoms with Gasteiger partial charge in [0.1, 0.15) is 6.04 Å². The summed E-state index contributed by atoms with van der Waals surface area (Å²) in [4.78, 5) is 23.4. The zero-order valence-electron chi connectivity index (χ0n) is 13.6. The van der Waals surface area contributed by atoms with Crippen molar-refractivity contribution in [2.24, 2.45) is 0 Å². The van der Waals surface area contributed by atoms with Gasteiger partial charge < -0.3 is 15.2 Å². The first-order valence-corrected chi connectivity index (χ1v) is 7.36. The predicted octanol–water partition coefficient (Wildman–Crippen LogP) is 2.14. The van der Waals surface area contributed by atoms with Gasteiger partial charge in [-0.1, -0.05) is 12.1 Å². The number of rotatable bonds is 7. The van der Waals surface area contributed by atoms with Crippen LogP contribution in [0.4, 0.5) is 0 Å². The van der Waals surface area contributed by atoms with Gasteiger partial charge in [0.25, 0.3) is 5.91 Å². The second-order valence-electron chi connectivity index (χ2n) is 6.15. The standard InChI is InChI=1S/C17H22N2O4/c1-17(2,3)23-11-9-14(16(21)22)19-15(20)13-6-4-12(5-7-13)8-10-18/h4-7,14H,8-9,11H2,1-3H3,(H,19,20)(H,21,22). The number of nitriles is 1. The number of hydrogen-bond acceptors (Lipinski definition) is 4. The lowest BCUT2D eigenvalue weighted by molar-refractivity contribution is -0.140. The molecule has 0 aliphatic rings. The Morgan fingerprint density at radius 1 is 1.30 bits per heavy atom. The fraction of sp³-hybridized carbons (Fsp3) is 0.471. The zero-order valence-corrected chi connectivity index (χ0v) is 13.6. The number of hydrogen-bond donors (Lipinski definition) is 2. The molecule has 0 heterocycles. The lowest BCUT2D eigenvalue weighted by atomic mass is 10.1. The Labute approximate surface area is 136 Å². The van der Waals surface area contributed by atoms with Crippen LogP contribution < -0.4 is 5.32 Å². The average Bonchev–Trinajstić information content (AvgIpc) is 2.45. The number of nitrogens with one attached hydrogen (secondary N) is 1. The van der Waals surface area contributed by atoms with E-state index in [1.54, 1.807) is 24.3 Å². The third kappa shape index (κ3) is 6.94. The Bertz CT molecular complexity index is 582. The van der Waals surface area contributed by atoms with Gasteiger partial charge >= 0.3 is 5.97 Å². The van der Waals surface area contributed by atoms with Gasteiger partial charge in [0.05, 0.1) is 18.1 Å². The molecule has 1 rings (SSSR count). The summed E-state index contributed by atoms with van der Waals surface area (Å²) in [7, 11) is 0. The van der Waals surface area contributed by atoms with Crippen LogP contribution in [0.1, 0.15) is 43.1 Å². The quantitative estimate of drug-likeness (QED) is 0.802. The highest BCUT2D eigenvalue weighted by Crippen LogP contribution is 2.09. The van der Waals surface area contributed by atoms with Crippen LogP contribution in [0.25, 0.3) is 0 Å². The number of carboxylic acids is 1. The molecule has 124 valence electrons. The van der Waals surface area contributed by atoms with Gasteiger partial charge in [-0.05, 0) is 38.5 Å². The van der Waals surface area contributed by atoms with Crippen molar-refractivity contribution in [3.63, 3.8) is 0 Å². The summed E-state index contributed by atoms with van der Waals surface area (Å²) in [5, 5.41) is 20.3. The molecule has 2 N–H and O–H groups in total. The Kier molecular flexibility index (Phi) is 6.73. The van der Waals surface area contributed by atoms with Gasteiger partial charge in [0.2, 0.25) is 0 Å². The van der Waals surface area contributed by atoms with Crippen LogP contribution in [0.3, 0.4) is 0 Å². The minimum atomic E-state index is -1.10. The summed E-state index contributed by atoms with van der Waals surface area (Å²) < 4.78 is 5.49. The maximum atomic E-state index is 12.1. The minimum Gasteiger partial charge on any atom is -0.480 e. The van der Waals surface area contributed by atoms with Crippen molar-refractivity contribution in [2.45, 2.75) is 45.3 Å². The van der Waals surface area contributed by atoms with Crippen molar-refractivity contribution < 1.29 is 19.4 Å². The number of carbonyl (C=O) groups is 2. The van der Waals surface area contributed by atoms with E-state index >= 15 is 0 Å². The highest BCUT2D eigenvalue weighted by Gasteiger charge is 2.21. The van der Waals surface area contributed by atoms with Crippen LogP contribution >= 0.6 is 0 Å². The molecule has 0 bridgehead atoms. The van der Waals surface area contributed by atoms with Crippen LogP contribution in [0.2, 0.25) is 0 Å². The van der Waals surface area contributed by atoms with Gasteiger partial charge in [-0.25, -0.2) is 4.79 Å². The van der Waals surface area contributed by atoms with E-state index in [1.807, 2.05) is 26.8 Å². The second-order valence-corrected chi connectivity index (χ2v) is 6.15. The van der Waals surface area contributed by atoms with E-state index < -0.39 is 17.9 Å². The summed E-state index contributed by atoms with van der Waals surface area (Å²) in [6.07, 6.45) is 0.453. The molecule has 0 aliphatic heterocycles. The fourth-order valence-corrected chi connectivity index (χ4v) is 1.85. The lowest BCUT2D eigenvalue weighted by Gasteiger charge is -2.21. The third-order valence-corrected chi connectivity index (χ3v) is 3.04. The molecule has 0 saturated heterocycles. The monoisotopic (exact) mass is 318 g/mol. The summed E-state index contributed by atoms with van der Waals surface area (Å²) in [5.74, 6) is -1.56. The molecule has 1 atom stereocenters. The third-order valence-electron chi connectivity index (χ3n) is 3.04. The molecule has 1 unspecified atom stereocenters. The number of nitrogens with zero attached hydrogens (tertiary/aromatic N) is 1.